The van der Waals surface area contributed by atoms with E-state index >= 15 is 0 Å². The first-order valence-corrected chi connectivity index (χ1v) is 11.1. The van der Waals surface area contributed by atoms with Gasteiger partial charge in [-0.05, 0) is 49.3 Å². The summed E-state index contributed by atoms with van der Waals surface area (Å²) in [6.07, 6.45) is 6.08. The molecule has 32 heavy (non-hydrogen) atoms. The lowest BCUT2D eigenvalue weighted by molar-refractivity contribution is -0.117. The Morgan fingerprint density at radius 2 is 2.06 bits per heavy atom. The molecule has 1 saturated heterocycles. The fourth-order valence-corrected chi connectivity index (χ4v) is 4.63. The molecule has 1 N–H and O–H groups in total. The van der Waals surface area contributed by atoms with Crippen LogP contribution in [0, 0.1) is 11.3 Å². The second-order valence-electron chi connectivity index (χ2n) is 8.27. The van der Waals surface area contributed by atoms with Gasteiger partial charge >= 0.3 is 0 Å². The number of amides is 1. The number of benzene rings is 1. The first kappa shape index (κ1) is 20.4. The van der Waals surface area contributed by atoms with Gasteiger partial charge in [-0.3, -0.25) is 4.79 Å². The van der Waals surface area contributed by atoms with Crippen molar-refractivity contribution < 1.29 is 9.53 Å². The SMILES string of the molecule is N#Cc1c2c(n(CC3CCCO3)c1NC(=O)Cn1nnc(-c3ccccc3)n1)CCCC2. The van der Waals surface area contributed by atoms with Crippen molar-refractivity contribution >= 4 is 11.7 Å². The number of nitrogens with one attached hydrogen (secondary N) is 1. The van der Waals surface area contributed by atoms with Crippen molar-refractivity contribution in [3.63, 3.8) is 0 Å². The standard InChI is InChI=1S/C23H25N7O2/c24-13-19-18-10-4-5-11-20(18)29(14-17-9-6-12-32-17)23(19)25-21(31)15-30-27-22(26-28-30)16-7-2-1-3-8-16/h1-3,7-8,17H,4-6,9-12,14-15H2,(H,25,31). The van der Waals surface area contributed by atoms with Crippen molar-refractivity contribution in [1.29, 1.82) is 5.26 Å². The van der Waals surface area contributed by atoms with Crippen molar-refractivity contribution in [3.8, 4) is 17.5 Å². The molecule has 9 heteroatoms. The molecule has 164 valence electrons. The minimum Gasteiger partial charge on any atom is -0.376 e. The highest BCUT2D eigenvalue weighted by atomic mass is 16.5. The van der Waals surface area contributed by atoms with Gasteiger partial charge in [-0.1, -0.05) is 30.3 Å². The summed E-state index contributed by atoms with van der Waals surface area (Å²) in [5.74, 6) is 0.749. The van der Waals surface area contributed by atoms with Crippen LogP contribution in [0.1, 0.15) is 42.5 Å². The molecule has 5 rings (SSSR count). The molecule has 3 aromatic rings. The smallest absolute Gasteiger partial charge is 0.249 e. The van der Waals surface area contributed by atoms with Crippen LogP contribution >= 0.6 is 0 Å². The van der Waals surface area contributed by atoms with E-state index in [4.69, 9.17) is 4.74 Å². The van der Waals surface area contributed by atoms with Crippen molar-refractivity contribution in [1.82, 2.24) is 24.8 Å². The van der Waals surface area contributed by atoms with Gasteiger partial charge in [-0.15, -0.1) is 10.2 Å². The zero-order chi connectivity index (χ0) is 21.9. The molecule has 2 aromatic heterocycles. The maximum Gasteiger partial charge on any atom is 0.249 e. The minimum atomic E-state index is -0.290. The van der Waals surface area contributed by atoms with Gasteiger partial charge in [0.2, 0.25) is 11.7 Å². The average Bonchev–Trinajstić information content (AvgIpc) is 3.56. The van der Waals surface area contributed by atoms with E-state index in [0.717, 1.165) is 62.0 Å². The van der Waals surface area contributed by atoms with Crippen molar-refractivity contribution in [2.45, 2.75) is 57.7 Å². The van der Waals surface area contributed by atoms with Crippen LogP contribution in [0.3, 0.4) is 0 Å². The van der Waals surface area contributed by atoms with Gasteiger partial charge in [0.05, 0.1) is 18.2 Å². The molecule has 0 saturated carbocycles. The summed E-state index contributed by atoms with van der Waals surface area (Å²) in [5.41, 5.74) is 3.63. The topological polar surface area (TPSA) is 111 Å². The lowest BCUT2D eigenvalue weighted by Gasteiger charge is -2.19. The molecular weight excluding hydrogens is 406 g/mol. The lowest BCUT2D eigenvalue weighted by Crippen LogP contribution is -2.25. The molecule has 1 amide bonds. The Balaban J connectivity index is 1.38. The van der Waals surface area contributed by atoms with Gasteiger partial charge in [0, 0.05) is 17.9 Å². The molecule has 9 nitrogen and oxygen atoms in total. The molecular formula is C23H25N7O2. The number of fused-ring (bicyclic) bond motifs is 1. The second kappa shape index (κ2) is 8.93. The molecule has 3 heterocycles. The van der Waals surface area contributed by atoms with Crippen LogP contribution < -0.4 is 5.32 Å². The van der Waals surface area contributed by atoms with Crippen LogP contribution in [0.5, 0.6) is 0 Å². The first-order valence-electron chi connectivity index (χ1n) is 11.1. The van der Waals surface area contributed by atoms with Gasteiger partial charge in [-0.2, -0.15) is 10.1 Å². The zero-order valence-electron chi connectivity index (χ0n) is 17.8. The Bertz CT molecular complexity index is 1150. The molecule has 1 fully saturated rings. The number of carbonyl (C=O) groups is 1. The fraction of sp³-hybridized carbons (Fsp3) is 0.435. The third-order valence-corrected chi connectivity index (χ3v) is 6.12. The van der Waals surface area contributed by atoms with E-state index in [0.29, 0.717) is 23.8 Å². The number of nitriles is 1. The summed E-state index contributed by atoms with van der Waals surface area (Å²) < 4.78 is 7.94. The third kappa shape index (κ3) is 4.01. The quantitative estimate of drug-likeness (QED) is 0.642. The monoisotopic (exact) mass is 431 g/mol. The summed E-state index contributed by atoms with van der Waals surface area (Å²) >= 11 is 0. The highest BCUT2D eigenvalue weighted by molar-refractivity contribution is 5.91. The normalized spacial score (nSPS) is 17.7. The Morgan fingerprint density at radius 3 is 2.84 bits per heavy atom. The van der Waals surface area contributed by atoms with E-state index < -0.39 is 0 Å². The summed E-state index contributed by atoms with van der Waals surface area (Å²) in [7, 11) is 0. The molecule has 1 aliphatic carbocycles. The van der Waals surface area contributed by atoms with Crippen molar-refractivity contribution in [2.24, 2.45) is 0 Å². The molecule has 1 atom stereocenters. The fourth-order valence-electron chi connectivity index (χ4n) is 4.63. The van der Waals surface area contributed by atoms with E-state index in [1.807, 2.05) is 30.3 Å². The molecule has 1 aliphatic heterocycles. The number of nitrogens with zero attached hydrogens (tertiary/aromatic N) is 6. The lowest BCUT2D eigenvalue weighted by atomic mass is 9.95. The van der Waals surface area contributed by atoms with E-state index in [9.17, 15) is 10.1 Å². The van der Waals surface area contributed by atoms with E-state index in [-0.39, 0.29) is 18.6 Å². The molecule has 0 spiro atoms. The predicted molar refractivity (Wildman–Crippen MR) is 117 cm³/mol. The number of ether oxygens (including phenoxy) is 1. The van der Waals surface area contributed by atoms with Crippen LogP contribution in [0.15, 0.2) is 30.3 Å². The second-order valence-corrected chi connectivity index (χ2v) is 8.27. The van der Waals surface area contributed by atoms with E-state index in [1.165, 1.54) is 4.80 Å². The minimum absolute atomic E-state index is 0.0829. The highest BCUT2D eigenvalue weighted by Gasteiger charge is 2.28. The predicted octanol–water partition coefficient (Wildman–Crippen LogP) is 2.71. The third-order valence-electron chi connectivity index (χ3n) is 6.12. The maximum atomic E-state index is 12.9. The largest absolute Gasteiger partial charge is 0.376 e. The molecule has 1 aromatic carbocycles. The summed E-state index contributed by atoms with van der Waals surface area (Å²) in [6, 6.07) is 11.8. The Labute approximate surface area is 186 Å². The Morgan fingerprint density at radius 1 is 1.22 bits per heavy atom. The Hall–Kier alpha value is -3.51. The van der Waals surface area contributed by atoms with Gasteiger partial charge in [0.15, 0.2) is 0 Å². The maximum absolute atomic E-state index is 12.9. The first-order chi connectivity index (χ1) is 15.7. The van der Waals surface area contributed by atoms with Gasteiger partial charge < -0.3 is 14.6 Å². The summed E-state index contributed by atoms with van der Waals surface area (Å²) in [4.78, 5) is 14.2. The Kier molecular flexibility index (Phi) is 5.69. The summed E-state index contributed by atoms with van der Waals surface area (Å²) in [6.45, 7) is 1.34. The van der Waals surface area contributed by atoms with Crippen molar-refractivity contribution in [3.05, 3.63) is 47.2 Å². The van der Waals surface area contributed by atoms with Crippen LogP contribution in [-0.4, -0.2) is 43.4 Å². The number of tetrazole rings is 1. The zero-order valence-corrected chi connectivity index (χ0v) is 17.8. The van der Waals surface area contributed by atoms with Crippen LogP contribution in [0.25, 0.3) is 11.4 Å². The highest BCUT2D eigenvalue weighted by Crippen LogP contribution is 2.34. The van der Waals surface area contributed by atoms with Crippen LogP contribution in [0.4, 0.5) is 5.82 Å². The summed E-state index contributed by atoms with van der Waals surface area (Å²) in [5, 5.41) is 25.2. The van der Waals surface area contributed by atoms with Gasteiger partial charge in [-0.25, -0.2) is 0 Å². The van der Waals surface area contributed by atoms with Crippen LogP contribution in [-0.2, 0) is 35.5 Å². The number of anilines is 1. The van der Waals surface area contributed by atoms with Gasteiger partial charge in [0.25, 0.3) is 0 Å². The molecule has 0 radical (unpaired) electrons. The molecule has 2 aliphatic rings. The molecule has 0 bridgehead atoms. The molecule has 1 unspecified atom stereocenters. The van der Waals surface area contributed by atoms with Crippen molar-refractivity contribution in [2.75, 3.05) is 11.9 Å². The van der Waals surface area contributed by atoms with Crippen LogP contribution in [0.2, 0.25) is 0 Å². The number of aromatic nitrogens is 5. The number of rotatable bonds is 6. The average molecular weight is 432 g/mol. The number of hydrogen-bond acceptors (Lipinski definition) is 6. The van der Waals surface area contributed by atoms with Gasteiger partial charge in [0.1, 0.15) is 18.4 Å². The number of hydrogen-bond donors (Lipinski definition) is 1. The van der Waals surface area contributed by atoms with E-state index in [1.54, 1.807) is 0 Å². The number of carbonyl (C=O) groups excluding carboxylic acids is 1. The van der Waals surface area contributed by atoms with E-state index in [2.05, 4.69) is 31.4 Å².